The van der Waals surface area contributed by atoms with Gasteiger partial charge < -0.3 is 4.90 Å². The van der Waals surface area contributed by atoms with Gasteiger partial charge in [-0.15, -0.1) is 0 Å². The first-order valence-corrected chi connectivity index (χ1v) is 9.21. The summed E-state index contributed by atoms with van der Waals surface area (Å²) < 4.78 is 0. The van der Waals surface area contributed by atoms with Gasteiger partial charge in [0.15, 0.2) is 0 Å². The van der Waals surface area contributed by atoms with E-state index in [0.29, 0.717) is 12.3 Å². The first-order valence-electron chi connectivity index (χ1n) is 9.21. The number of amides is 1. The minimum atomic E-state index is 0.318. The van der Waals surface area contributed by atoms with E-state index in [1.165, 1.54) is 50.5 Å². The third kappa shape index (κ3) is 5.15. The summed E-state index contributed by atoms with van der Waals surface area (Å²) in [6.07, 6.45) is 13.2. The molecule has 0 radical (unpaired) electrons. The number of nitrogens with zero attached hydrogens (tertiary/aromatic N) is 1. The molecule has 0 saturated heterocycles. The molecular formula is C20H31NO. The summed E-state index contributed by atoms with van der Waals surface area (Å²) >= 11 is 0. The first-order chi connectivity index (χ1) is 10.8. The molecule has 0 aliphatic carbocycles. The van der Waals surface area contributed by atoms with Gasteiger partial charge in [0.2, 0.25) is 5.91 Å². The van der Waals surface area contributed by atoms with Gasteiger partial charge in [-0.05, 0) is 30.9 Å². The van der Waals surface area contributed by atoms with Crippen LogP contribution in [0.5, 0.6) is 0 Å². The molecule has 0 bridgehead atoms. The van der Waals surface area contributed by atoms with E-state index in [1.54, 1.807) is 0 Å². The zero-order chi connectivity index (χ0) is 15.6. The summed E-state index contributed by atoms with van der Waals surface area (Å²) in [6, 6.07) is 8.37. The van der Waals surface area contributed by atoms with Crippen molar-refractivity contribution in [1.29, 1.82) is 0 Å². The fraction of sp³-hybridized carbons (Fsp3) is 0.650. The van der Waals surface area contributed by atoms with Crippen molar-refractivity contribution in [3.8, 4) is 0 Å². The van der Waals surface area contributed by atoms with Gasteiger partial charge in [-0.25, -0.2) is 0 Å². The number of carbonyl (C=O) groups excluding carboxylic acids is 1. The monoisotopic (exact) mass is 301 g/mol. The van der Waals surface area contributed by atoms with Crippen LogP contribution >= 0.6 is 0 Å². The second kappa shape index (κ2) is 9.66. The Morgan fingerprint density at radius 2 is 1.68 bits per heavy atom. The SMILES string of the molecule is CCCCCCCCCCC(=O)N1CCCc2ccccc21. The number of fused-ring (bicyclic) bond motifs is 1. The van der Waals surface area contributed by atoms with Gasteiger partial charge in [-0.3, -0.25) is 4.79 Å². The molecule has 0 spiro atoms. The van der Waals surface area contributed by atoms with Gasteiger partial charge in [-0.1, -0.05) is 70.1 Å². The molecule has 2 heteroatoms. The number of unbranched alkanes of at least 4 members (excludes halogenated alkanes) is 7. The second-order valence-electron chi connectivity index (χ2n) is 6.50. The van der Waals surface area contributed by atoms with Crippen molar-refractivity contribution in [2.75, 3.05) is 11.4 Å². The van der Waals surface area contributed by atoms with Gasteiger partial charge in [0.25, 0.3) is 0 Å². The van der Waals surface area contributed by atoms with E-state index < -0.39 is 0 Å². The van der Waals surface area contributed by atoms with Crippen LogP contribution < -0.4 is 4.90 Å². The van der Waals surface area contributed by atoms with Crippen LogP contribution in [-0.4, -0.2) is 12.5 Å². The van der Waals surface area contributed by atoms with Crippen molar-refractivity contribution in [3.05, 3.63) is 29.8 Å². The molecule has 0 atom stereocenters. The Hall–Kier alpha value is -1.31. The van der Waals surface area contributed by atoms with Crippen molar-refractivity contribution in [1.82, 2.24) is 0 Å². The Bertz CT molecular complexity index is 455. The van der Waals surface area contributed by atoms with Gasteiger partial charge in [-0.2, -0.15) is 0 Å². The number of para-hydroxylation sites is 1. The van der Waals surface area contributed by atoms with Gasteiger partial charge >= 0.3 is 0 Å². The van der Waals surface area contributed by atoms with Crippen molar-refractivity contribution in [3.63, 3.8) is 0 Å². The highest BCUT2D eigenvalue weighted by molar-refractivity contribution is 5.94. The van der Waals surface area contributed by atoms with Crippen LogP contribution in [0.25, 0.3) is 0 Å². The van der Waals surface area contributed by atoms with Crippen LogP contribution in [-0.2, 0) is 11.2 Å². The average Bonchev–Trinajstić information content (AvgIpc) is 2.56. The lowest BCUT2D eigenvalue weighted by Crippen LogP contribution is -2.35. The summed E-state index contributed by atoms with van der Waals surface area (Å²) in [5, 5.41) is 0. The summed E-state index contributed by atoms with van der Waals surface area (Å²) in [5.74, 6) is 0.318. The zero-order valence-electron chi connectivity index (χ0n) is 14.2. The summed E-state index contributed by atoms with van der Waals surface area (Å²) in [5.41, 5.74) is 2.48. The van der Waals surface area contributed by atoms with Crippen molar-refractivity contribution >= 4 is 11.6 Å². The van der Waals surface area contributed by atoms with E-state index in [9.17, 15) is 4.79 Å². The molecule has 2 nitrogen and oxygen atoms in total. The van der Waals surface area contributed by atoms with Gasteiger partial charge in [0.1, 0.15) is 0 Å². The van der Waals surface area contributed by atoms with E-state index in [4.69, 9.17) is 0 Å². The molecule has 122 valence electrons. The van der Waals surface area contributed by atoms with Gasteiger partial charge in [0.05, 0.1) is 0 Å². The molecule has 1 aliphatic rings. The molecule has 0 unspecified atom stereocenters. The van der Waals surface area contributed by atoms with Crippen LogP contribution in [0.15, 0.2) is 24.3 Å². The van der Waals surface area contributed by atoms with E-state index in [-0.39, 0.29) is 0 Å². The lowest BCUT2D eigenvalue weighted by molar-refractivity contribution is -0.118. The number of aryl methyl sites for hydroxylation is 1. The molecule has 1 aromatic carbocycles. The minimum Gasteiger partial charge on any atom is -0.312 e. The average molecular weight is 301 g/mol. The maximum atomic E-state index is 12.5. The van der Waals surface area contributed by atoms with Crippen LogP contribution in [0.2, 0.25) is 0 Å². The fourth-order valence-electron chi connectivity index (χ4n) is 3.34. The Labute approximate surface area is 135 Å². The lowest BCUT2D eigenvalue weighted by atomic mass is 10.0. The molecule has 1 aromatic rings. The van der Waals surface area contributed by atoms with Crippen LogP contribution in [0.1, 0.15) is 76.7 Å². The van der Waals surface area contributed by atoms with Crippen molar-refractivity contribution < 1.29 is 4.79 Å². The summed E-state index contributed by atoms with van der Waals surface area (Å²) in [6.45, 7) is 3.15. The van der Waals surface area contributed by atoms with Crippen LogP contribution in [0.4, 0.5) is 5.69 Å². The van der Waals surface area contributed by atoms with Gasteiger partial charge in [0, 0.05) is 18.7 Å². The quantitative estimate of drug-likeness (QED) is 0.552. The van der Waals surface area contributed by atoms with Crippen LogP contribution in [0.3, 0.4) is 0 Å². The molecule has 2 rings (SSSR count). The highest BCUT2D eigenvalue weighted by Gasteiger charge is 2.21. The Morgan fingerprint density at radius 1 is 1.00 bits per heavy atom. The summed E-state index contributed by atoms with van der Waals surface area (Å²) in [7, 11) is 0. The van der Waals surface area contributed by atoms with Crippen molar-refractivity contribution in [2.45, 2.75) is 77.6 Å². The normalized spacial score (nSPS) is 14.0. The zero-order valence-corrected chi connectivity index (χ0v) is 14.2. The predicted molar refractivity (Wildman–Crippen MR) is 94.3 cm³/mol. The molecule has 1 amide bonds. The third-order valence-corrected chi connectivity index (χ3v) is 4.66. The number of anilines is 1. The topological polar surface area (TPSA) is 20.3 Å². The number of carbonyl (C=O) groups is 1. The van der Waals surface area contributed by atoms with E-state index in [2.05, 4.69) is 25.1 Å². The van der Waals surface area contributed by atoms with E-state index in [1.807, 2.05) is 11.0 Å². The highest BCUT2D eigenvalue weighted by Crippen LogP contribution is 2.27. The lowest BCUT2D eigenvalue weighted by Gasteiger charge is -2.29. The van der Waals surface area contributed by atoms with Crippen molar-refractivity contribution in [2.24, 2.45) is 0 Å². The second-order valence-corrected chi connectivity index (χ2v) is 6.50. The highest BCUT2D eigenvalue weighted by atomic mass is 16.2. The molecule has 0 aromatic heterocycles. The Balaban J connectivity index is 1.66. The molecular weight excluding hydrogens is 270 g/mol. The Morgan fingerprint density at radius 3 is 2.45 bits per heavy atom. The molecule has 1 aliphatic heterocycles. The largest absolute Gasteiger partial charge is 0.312 e. The van der Waals surface area contributed by atoms with Crippen LogP contribution in [0, 0.1) is 0 Å². The Kier molecular flexibility index (Phi) is 7.48. The third-order valence-electron chi connectivity index (χ3n) is 4.66. The standard InChI is InChI=1S/C20H31NO/c1-2-3-4-5-6-7-8-9-16-20(22)21-17-12-14-18-13-10-11-15-19(18)21/h10-11,13,15H,2-9,12,14,16-17H2,1H3. The fourth-order valence-corrected chi connectivity index (χ4v) is 3.34. The first kappa shape index (κ1) is 17.1. The number of hydrogen-bond donors (Lipinski definition) is 0. The molecule has 0 saturated carbocycles. The maximum absolute atomic E-state index is 12.5. The molecule has 0 N–H and O–H groups in total. The predicted octanol–water partition coefficient (Wildman–Crippen LogP) is 5.50. The van der Waals surface area contributed by atoms with E-state index in [0.717, 1.165) is 31.5 Å². The smallest absolute Gasteiger partial charge is 0.226 e. The summed E-state index contributed by atoms with van der Waals surface area (Å²) in [4.78, 5) is 14.5. The van der Waals surface area contributed by atoms with E-state index >= 15 is 0 Å². The minimum absolute atomic E-state index is 0.318. The number of benzene rings is 1. The maximum Gasteiger partial charge on any atom is 0.226 e. The number of rotatable bonds is 9. The number of hydrogen-bond acceptors (Lipinski definition) is 1. The molecule has 1 heterocycles. The molecule has 0 fully saturated rings. The molecule has 22 heavy (non-hydrogen) atoms.